The number of benzene rings is 1. The van der Waals surface area contributed by atoms with Crippen LogP contribution >= 0.6 is 0 Å². The summed E-state index contributed by atoms with van der Waals surface area (Å²) in [6.45, 7) is 5.26. The Labute approximate surface area is 116 Å². The van der Waals surface area contributed by atoms with Crippen molar-refractivity contribution < 1.29 is 19.1 Å². The van der Waals surface area contributed by atoms with E-state index in [0.717, 1.165) is 0 Å². The van der Waals surface area contributed by atoms with Gasteiger partial charge in [0.1, 0.15) is 11.6 Å². The molecule has 6 nitrogen and oxygen atoms in total. The van der Waals surface area contributed by atoms with Gasteiger partial charge in [0.25, 0.3) is 5.91 Å². The van der Waals surface area contributed by atoms with Crippen molar-refractivity contribution in [2.24, 2.45) is 0 Å². The number of hydrogen-bond acceptors (Lipinski definition) is 4. The lowest BCUT2D eigenvalue weighted by atomic mass is 9.96. The molecular weight excluding hydrogens is 260 g/mol. The molecule has 0 aromatic heterocycles. The van der Waals surface area contributed by atoms with E-state index in [0.29, 0.717) is 17.2 Å². The number of amides is 2. The van der Waals surface area contributed by atoms with Crippen LogP contribution in [0.3, 0.4) is 0 Å². The first-order chi connectivity index (χ1) is 9.40. The van der Waals surface area contributed by atoms with Crippen molar-refractivity contribution >= 4 is 17.5 Å². The van der Waals surface area contributed by atoms with Crippen molar-refractivity contribution in [3.8, 4) is 11.5 Å². The van der Waals surface area contributed by atoms with Crippen LogP contribution in [0.1, 0.15) is 20.8 Å². The van der Waals surface area contributed by atoms with Crippen molar-refractivity contribution in [2.75, 3.05) is 11.7 Å². The van der Waals surface area contributed by atoms with Gasteiger partial charge in [-0.2, -0.15) is 0 Å². The second-order valence-electron chi connectivity index (χ2n) is 5.50. The van der Waals surface area contributed by atoms with Gasteiger partial charge in [-0.3, -0.25) is 14.5 Å². The second-order valence-corrected chi connectivity index (χ2v) is 5.50. The topological polar surface area (TPSA) is 67.9 Å². The summed E-state index contributed by atoms with van der Waals surface area (Å²) in [7, 11) is 0. The van der Waals surface area contributed by atoms with Crippen LogP contribution in [-0.2, 0) is 9.59 Å². The molecule has 2 amide bonds. The maximum atomic E-state index is 12.5. The number of carbonyl (C=O) groups excluding carboxylic acids is 2. The number of piperazine rings is 1. The van der Waals surface area contributed by atoms with Gasteiger partial charge in [-0.25, -0.2) is 0 Å². The molecule has 1 saturated heterocycles. The number of rotatable bonds is 1. The van der Waals surface area contributed by atoms with E-state index >= 15 is 0 Å². The second kappa shape index (κ2) is 4.13. The third kappa shape index (κ3) is 1.79. The van der Waals surface area contributed by atoms with Crippen LogP contribution < -0.4 is 19.7 Å². The number of ether oxygens (including phenoxy) is 2. The molecule has 6 heteroatoms. The lowest BCUT2D eigenvalue weighted by molar-refractivity contribution is -0.136. The Morgan fingerprint density at radius 3 is 2.70 bits per heavy atom. The van der Waals surface area contributed by atoms with E-state index in [9.17, 15) is 9.59 Å². The molecule has 0 bridgehead atoms. The fourth-order valence-corrected chi connectivity index (χ4v) is 2.44. The molecule has 2 heterocycles. The van der Waals surface area contributed by atoms with E-state index in [-0.39, 0.29) is 18.6 Å². The fourth-order valence-electron chi connectivity index (χ4n) is 2.44. The van der Waals surface area contributed by atoms with Crippen LogP contribution in [0.15, 0.2) is 18.2 Å². The lowest BCUT2D eigenvalue weighted by Gasteiger charge is -2.41. The van der Waals surface area contributed by atoms with Gasteiger partial charge in [-0.05, 0) is 32.9 Å². The highest BCUT2D eigenvalue weighted by Gasteiger charge is 2.44. The number of anilines is 1. The van der Waals surface area contributed by atoms with Gasteiger partial charge in [-0.1, -0.05) is 0 Å². The Morgan fingerprint density at radius 2 is 1.95 bits per heavy atom. The van der Waals surface area contributed by atoms with E-state index in [1.54, 1.807) is 39.0 Å². The number of nitrogens with one attached hydrogen (secondary N) is 1. The normalized spacial score (nSPS) is 23.8. The zero-order valence-corrected chi connectivity index (χ0v) is 11.6. The standard InChI is InChI=1S/C14H16N2O4/c1-8-12(17)15-14(2,3)13(18)16(8)9-4-5-10-11(6-9)20-7-19-10/h4-6,8H,7H2,1-3H3,(H,15,17). The summed E-state index contributed by atoms with van der Waals surface area (Å²) in [5.74, 6) is 0.914. The summed E-state index contributed by atoms with van der Waals surface area (Å²) < 4.78 is 10.6. The number of hydrogen-bond donors (Lipinski definition) is 1. The van der Waals surface area contributed by atoms with E-state index in [1.807, 2.05) is 0 Å². The molecule has 1 fully saturated rings. The maximum absolute atomic E-state index is 12.5. The van der Waals surface area contributed by atoms with Gasteiger partial charge < -0.3 is 14.8 Å². The highest BCUT2D eigenvalue weighted by molar-refractivity contribution is 6.10. The molecule has 1 atom stereocenters. The zero-order valence-electron chi connectivity index (χ0n) is 11.6. The minimum atomic E-state index is -0.917. The van der Waals surface area contributed by atoms with Crippen LogP contribution in [0.25, 0.3) is 0 Å². The molecule has 1 unspecified atom stereocenters. The Morgan fingerprint density at radius 1 is 1.25 bits per heavy atom. The molecule has 1 N–H and O–H groups in total. The summed E-state index contributed by atoms with van der Waals surface area (Å²) >= 11 is 0. The quantitative estimate of drug-likeness (QED) is 0.832. The van der Waals surface area contributed by atoms with Crippen LogP contribution in [0.2, 0.25) is 0 Å². The van der Waals surface area contributed by atoms with E-state index < -0.39 is 11.6 Å². The first-order valence-electron chi connectivity index (χ1n) is 6.45. The molecule has 0 spiro atoms. The average Bonchev–Trinajstić information content (AvgIpc) is 2.84. The number of fused-ring (bicyclic) bond motifs is 1. The van der Waals surface area contributed by atoms with Crippen LogP contribution in [0, 0.1) is 0 Å². The highest BCUT2D eigenvalue weighted by Crippen LogP contribution is 2.37. The van der Waals surface area contributed by atoms with Gasteiger partial charge in [0.05, 0.1) is 0 Å². The third-order valence-electron chi connectivity index (χ3n) is 3.59. The van der Waals surface area contributed by atoms with E-state index in [1.165, 1.54) is 4.90 Å². The third-order valence-corrected chi connectivity index (χ3v) is 3.59. The molecule has 1 aromatic rings. The van der Waals surface area contributed by atoms with Crippen LogP contribution in [0.4, 0.5) is 5.69 Å². The largest absolute Gasteiger partial charge is 0.454 e. The minimum Gasteiger partial charge on any atom is -0.454 e. The molecule has 0 radical (unpaired) electrons. The van der Waals surface area contributed by atoms with Crippen LogP contribution in [0.5, 0.6) is 11.5 Å². The average molecular weight is 276 g/mol. The molecular formula is C14H16N2O4. The van der Waals surface area contributed by atoms with Crippen molar-refractivity contribution in [3.05, 3.63) is 18.2 Å². The van der Waals surface area contributed by atoms with Gasteiger partial charge in [0.2, 0.25) is 12.7 Å². The first-order valence-corrected chi connectivity index (χ1v) is 6.45. The van der Waals surface area contributed by atoms with Gasteiger partial charge in [0, 0.05) is 11.8 Å². The predicted octanol–water partition coefficient (Wildman–Crippen LogP) is 1.05. The maximum Gasteiger partial charge on any atom is 0.252 e. The molecule has 2 aliphatic rings. The summed E-state index contributed by atoms with van der Waals surface area (Å²) in [5.41, 5.74) is -0.283. The van der Waals surface area contributed by atoms with Crippen molar-refractivity contribution in [1.82, 2.24) is 5.32 Å². The number of nitrogens with zero attached hydrogens (tertiary/aromatic N) is 1. The molecule has 20 heavy (non-hydrogen) atoms. The van der Waals surface area contributed by atoms with Crippen molar-refractivity contribution in [2.45, 2.75) is 32.4 Å². The number of carbonyl (C=O) groups is 2. The summed E-state index contributed by atoms with van der Waals surface area (Å²) in [6, 6.07) is 4.68. The molecule has 3 rings (SSSR count). The smallest absolute Gasteiger partial charge is 0.252 e. The summed E-state index contributed by atoms with van der Waals surface area (Å²) in [4.78, 5) is 26.1. The first kappa shape index (κ1) is 12.8. The van der Waals surface area contributed by atoms with Gasteiger partial charge in [-0.15, -0.1) is 0 Å². The van der Waals surface area contributed by atoms with Gasteiger partial charge >= 0.3 is 0 Å². The monoisotopic (exact) mass is 276 g/mol. The SMILES string of the molecule is CC1C(=O)NC(C)(C)C(=O)N1c1ccc2c(c1)OCO2. The Balaban J connectivity index is 2.02. The Bertz CT molecular complexity index is 597. The summed E-state index contributed by atoms with van der Waals surface area (Å²) in [6.07, 6.45) is 0. The Kier molecular flexibility index (Phi) is 2.64. The predicted molar refractivity (Wildman–Crippen MR) is 71.7 cm³/mol. The van der Waals surface area contributed by atoms with E-state index in [4.69, 9.17) is 9.47 Å². The minimum absolute atomic E-state index is 0.150. The van der Waals surface area contributed by atoms with Crippen LogP contribution in [-0.4, -0.2) is 30.2 Å². The molecule has 1 aromatic carbocycles. The Hall–Kier alpha value is -2.24. The lowest BCUT2D eigenvalue weighted by Crippen LogP contribution is -2.67. The van der Waals surface area contributed by atoms with E-state index in [2.05, 4.69) is 5.32 Å². The molecule has 0 saturated carbocycles. The summed E-state index contributed by atoms with van der Waals surface area (Å²) in [5, 5.41) is 2.72. The highest BCUT2D eigenvalue weighted by atomic mass is 16.7. The van der Waals surface area contributed by atoms with Gasteiger partial charge in [0.15, 0.2) is 11.5 Å². The van der Waals surface area contributed by atoms with Crippen molar-refractivity contribution in [1.29, 1.82) is 0 Å². The molecule has 106 valence electrons. The van der Waals surface area contributed by atoms with Crippen molar-refractivity contribution in [3.63, 3.8) is 0 Å². The molecule has 2 aliphatic heterocycles. The molecule has 0 aliphatic carbocycles. The fraction of sp³-hybridized carbons (Fsp3) is 0.429. The zero-order chi connectivity index (χ0) is 14.5.